The third-order valence-electron chi connectivity index (χ3n) is 5.27. The third-order valence-corrected chi connectivity index (χ3v) is 5.27. The Morgan fingerprint density at radius 3 is 2.70 bits per heavy atom. The first-order valence-electron chi connectivity index (χ1n) is 9.75. The highest BCUT2D eigenvalue weighted by Gasteiger charge is 2.29. The Hall–Kier alpha value is -3.73. The van der Waals surface area contributed by atoms with E-state index in [4.69, 9.17) is 4.74 Å². The molecule has 8 nitrogen and oxygen atoms in total. The van der Waals surface area contributed by atoms with E-state index in [0.717, 1.165) is 17.4 Å². The molecule has 1 aliphatic rings. The van der Waals surface area contributed by atoms with Gasteiger partial charge in [-0.05, 0) is 37.5 Å². The number of pyridine rings is 1. The smallest absolute Gasteiger partial charge is 0.339 e. The van der Waals surface area contributed by atoms with Gasteiger partial charge in [-0.2, -0.15) is 5.26 Å². The van der Waals surface area contributed by atoms with Crippen LogP contribution in [0.1, 0.15) is 52.9 Å². The molecule has 0 amide bonds. The van der Waals surface area contributed by atoms with Gasteiger partial charge in [0.15, 0.2) is 0 Å². The summed E-state index contributed by atoms with van der Waals surface area (Å²) in [4.78, 5) is 43.5. The van der Waals surface area contributed by atoms with Gasteiger partial charge in [0.2, 0.25) is 0 Å². The molecule has 30 heavy (non-hydrogen) atoms. The fourth-order valence-electron chi connectivity index (χ4n) is 3.53. The maximum atomic E-state index is 13.4. The number of fused-ring (bicyclic) bond motifs is 1. The number of benzene rings is 1. The zero-order valence-electron chi connectivity index (χ0n) is 16.7. The summed E-state index contributed by atoms with van der Waals surface area (Å²) in [5.74, 6) is -0.394. The number of hydrogen-bond acceptors (Lipinski definition) is 6. The van der Waals surface area contributed by atoms with Crippen molar-refractivity contribution in [3.05, 3.63) is 73.6 Å². The van der Waals surface area contributed by atoms with Crippen LogP contribution < -0.4 is 11.2 Å². The van der Waals surface area contributed by atoms with E-state index in [2.05, 4.69) is 11.1 Å². The summed E-state index contributed by atoms with van der Waals surface area (Å²) in [7, 11) is 1.52. The Kier molecular flexibility index (Phi) is 4.96. The Morgan fingerprint density at radius 2 is 2.03 bits per heavy atom. The number of nitrogens with zero attached hydrogens (tertiary/aromatic N) is 4. The number of rotatable bonds is 5. The maximum Gasteiger partial charge on any atom is 0.339 e. The van der Waals surface area contributed by atoms with Crippen LogP contribution in [0.5, 0.6) is 0 Å². The largest absolute Gasteiger partial charge is 0.462 e. The minimum atomic E-state index is -0.626. The minimum Gasteiger partial charge on any atom is -0.462 e. The van der Waals surface area contributed by atoms with Crippen molar-refractivity contribution in [1.82, 2.24) is 14.1 Å². The van der Waals surface area contributed by atoms with Gasteiger partial charge in [0.25, 0.3) is 5.56 Å². The molecule has 0 atom stereocenters. The van der Waals surface area contributed by atoms with Gasteiger partial charge in [0.05, 0.1) is 35.7 Å². The molecule has 4 rings (SSSR count). The summed E-state index contributed by atoms with van der Waals surface area (Å²) < 4.78 is 7.47. The number of esters is 1. The lowest BCUT2D eigenvalue weighted by atomic mass is 10.1. The second kappa shape index (κ2) is 7.59. The van der Waals surface area contributed by atoms with Crippen molar-refractivity contribution in [2.75, 3.05) is 6.61 Å². The molecule has 0 N–H and O–H groups in total. The molecule has 8 heteroatoms. The second-order valence-corrected chi connectivity index (χ2v) is 7.29. The number of nitriles is 1. The van der Waals surface area contributed by atoms with Crippen LogP contribution in [0, 0.1) is 11.3 Å². The summed E-state index contributed by atoms with van der Waals surface area (Å²) >= 11 is 0. The van der Waals surface area contributed by atoms with Gasteiger partial charge >= 0.3 is 11.7 Å². The van der Waals surface area contributed by atoms with E-state index in [0.29, 0.717) is 16.8 Å². The molecular weight excluding hydrogens is 384 g/mol. The zero-order valence-corrected chi connectivity index (χ0v) is 16.7. The summed E-state index contributed by atoms with van der Waals surface area (Å²) in [5, 5.41) is 9.38. The molecule has 1 aliphatic carbocycles. The van der Waals surface area contributed by atoms with Gasteiger partial charge in [0.1, 0.15) is 5.65 Å². The first-order chi connectivity index (χ1) is 14.5. The topological polar surface area (TPSA) is 107 Å². The quantitative estimate of drug-likeness (QED) is 0.603. The first-order valence-corrected chi connectivity index (χ1v) is 9.75. The Bertz CT molecular complexity index is 1330. The summed E-state index contributed by atoms with van der Waals surface area (Å²) in [6.45, 7) is 1.77. The van der Waals surface area contributed by atoms with E-state index in [1.54, 1.807) is 37.3 Å². The normalized spacial score (nSPS) is 13.2. The number of hydrogen-bond donors (Lipinski definition) is 0. The van der Waals surface area contributed by atoms with E-state index in [1.165, 1.54) is 11.6 Å². The average molecular weight is 404 g/mol. The third kappa shape index (κ3) is 3.28. The van der Waals surface area contributed by atoms with Gasteiger partial charge in [-0.15, -0.1) is 0 Å². The van der Waals surface area contributed by atoms with Gasteiger partial charge in [-0.1, -0.05) is 18.2 Å². The van der Waals surface area contributed by atoms with Crippen molar-refractivity contribution >= 4 is 17.0 Å². The molecule has 0 bridgehead atoms. The van der Waals surface area contributed by atoms with Crippen LogP contribution in [0.4, 0.5) is 0 Å². The van der Waals surface area contributed by atoms with Crippen molar-refractivity contribution in [3.8, 4) is 6.07 Å². The predicted octanol–water partition coefficient (Wildman–Crippen LogP) is 2.07. The molecule has 1 saturated carbocycles. The van der Waals surface area contributed by atoms with Crippen molar-refractivity contribution in [2.24, 2.45) is 7.05 Å². The average Bonchev–Trinajstić information content (AvgIpc) is 3.60. The molecule has 0 saturated heterocycles. The highest BCUT2D eigenvalue weighted by atomic mass is 16.5. The molecule has 0 unspecified atom stereocenters. The maximum absolute atomic E-state index is 13.4. The number of aryl methyl sites for hydroxylation is 1. The molecule has 3 aromatic rings. The van der Waals surface area contributed by atoms with Crippen LogP contribution in [0.25, 0.3) is 11.0 Å². The van der Waals surface area contributed by atoms with Crippen LogP contribution in [-0.2, 0) is 18.3 Å². The molecule has 2 aromatic heterocycles. The SMILES string of the molecule is CCOC(=O)c1cc(C2CC2)nc2c1c(=O)n(Cc1ccccc1C#N)c(=O)n2C. The number of aromatic nitrogens is 3. The van der Waals surface area contributed by atoms with E-state index in [-0.39, 0.29) is 35.7 Å². The van der Waals surface area contributed by atoms with Crippen molar-refractivity contribution in [1.29, 1.82) is 5.26 Å². The lowest BCUT2D eigenvalue weighted by Crippen LogP contribution is -2.40. The number of ether oxygens (including phenoxy) is 1. The molecule has 0 radical (unpaired) electrons. The monoisotopic (exact) mass is 404 g/mol. The molecular formula is C22H20N4O4. The standard InChI is InChI=1S/C22H20N4O4/c1-3-30-21(28)16-10-17(13-8-9-13)24-19-18(16)20(27)26(22(29)25(19)2)12-15-7-5-4-6-14(15)11-23/h4-7,10,13H,3,8-9,12H2,1-2H3. The van der Waals surface area contributed by atoms with Crippen LogP contribution in [0.15, 0.2) is 39.9 Å². The van der Waals surface area contributed by atoms with E-state index >= 15 is 0 Å². The first kappa shape index (κ1) is 19.6. The number of carbonyl (C=O) groups excluding carboxylic acids is 1. The van der Waals surface area contributed by atoms with Crippen molar-refractivity contribution in [3.63, 3.8) is 0 Å². The lowest BCUT2D eigenvalue weighted by Gasteiger charge is -2.14. The fourth-order valence-corrected chi connectivity index (χ4v) is 3.53. The lowest BCUT2D eigenvalue weighted by molar-refractivity contribution is 0.0528. The highest BCUT2D eigenvalue weighted by Crippen LogP contribution is 2.39. The van der Waals surface area contributed by atoms with E-state index < -0.39 is 17.2 Å². The zero-order chi connectivity index (χ0) is 21.4. The molecule has 2 heterocycles. The molecule has 1 fully saturated rings. The van der Waals surface area contributed by atoms with Gasteiger partial charge in [-0.25, -0.2) is 14.6 Å². The summed E-state index contributed by atoms with van der Waals surface area (Å²) in [6.07, 6.45) is 1.91. The van der Waals surface area contributed by atoms with Crippen LogP contribution >= 0.6 is 0 Å². The van der Waals surface area contributed by atoms with Crippen molar-refractivity contribution < 1.29 is 9.53 Å². The van der Waals surface area contributed by atoms with E-state index in [9.17, 15) is 19.6 Å². The Labute approximate surface area is 172 Å². The second-order valence-electron chi connectivity index (χ2n) is 7.29. The van der Waals surface area contributed by atoms with Crippen molar-refractivity contribution in [2.45, 2.75) is 32.2 Å². The van der Waals surface area contributed by atoms with Gasteiger partial charge in [-0.3, -0.25) is 13.9 Å². The molecule has 0 aliphatic heterocycles. The Balaban J connectivity index is 2.00. The van der Waals surface area contributed by atoms with Gasteiger partial charge in [0, 0.05) is 18.7 Å². The van der Waals surface area contributed by atoms with E-state index in [1.807, 2.05) is 0 Å². The Morgan fingerprint density at radius 1 is 1.30 bits per heavy atom. The van der Waals surface area contributed by atoms with Crippen LogP contribution in [-0.4, -0.2) is 26.7 Å². The molecule has 152 valence electrons. The number of carbonyl (C=O) groups is 1. The summed E-state index contributed by atoms with van der Waals surface area (Å²) in [5.41, 5.74) is 0.703. The van der Waals surface area contributed by atoms with Crippen LogP contribution in [0.3, 0.4) is 0 Å². The fraction of sp³-hybridized carbons (Fsp3) is 0.318. The molecule has 0 spiro atoms. The highest BCUT2D eigenvalue weighted by molar-refractivity contribution is 6.02. The minimum absolute atomic E-state index is 0.0504. The molecule has 1 aromatic carbocycles. The predicted molar refractivity (Wildman–Crippen MR) is 109 cm³/mol. The van der Waals surface area contributed by atoms with Gasteiger partial charge < -0.3 is 4.74 Å². The summed E-state index contributed by atoms with van der Waals surface area (Å²) in [6, 6.07) is 10.4. The van der Waals surface area contributed by atoms with Crippen LogP contribution in [0.2, 0.25) is 0 Å².